The number of nitrogens with one attached hydrogen (secondary N) is 1. The number of amides is 1. The summed E-state index contributed by atoms with van der Waals surface area (Å²) in [6, 6.07) is 9.80. The average molecular weight is 301 g/mol. The first-order valence-electron chi connectivity index (χ1n) is 6.78. The first-order chi connectivity index (χ1) is 9.15. The second-order valence-electron chi connectivity index (χ2n) is 4.72. The molecular weight excluding hydrogens is 276 g/mol. The summed E-state index contributed by atoms with van der Waals surface area (Å²) < 4.78 is 5.41. The molecule has 3 N–H and O–H groups in total. The number of ether oxygens (including phenoxy) is 1. The predicted molar refractivity (Wildman–Crippen MR) is 83.9 cm³/mol. The number of carbonyl (C=O) groups excluding carboxylic acids is 1. The second-order valence-corrected chi connectivity index (χ2v) is 4.72. The normalized spacial score (nSPS) is 10.8. The minimum atomic E-state index is -0.298. The van der Waals surface area contributed by atoms with E-state index in [1.807, 2.05) is 44.2 Å². The Bertz CT molecular complexity index is 372. The van der Waals surface area contributed by atoms with E-state index in [9.17, 15) is 4.79 Å². The summed E-state index contributed by atoms with van der Waals surface area (Å²) in [5.41, 5.74) is 6.50. The predicted octanol–water partition coefficient (Wildman–Crippen LogP) is 2.26. The third-order valence-corrected chi connectivity index (χ3v) is 3.49. The highest BCUT2D eigenvalue weighted by Crippen LogP contribution is 2.12. The Morgan fingerprint density at radius 3 is 2.35 bits per heavy atom. The summed E-state index contributed by atoms with van der Waals surface area (Å²) in [5.74, 6) is -0.106. The van der Waals surface area contributed by atoms with E-state index >= 15 is 0 Å². The first kappa shape index (κ1) is 18.9. The van der Waals surface area contributed by atoms with Gasteiger partial charge in [0.15, 0.2) is 0 Å². The lowest BCUT2D eigenvalue weighted by Crippen LogP contribution is -2.53. The monoisotopic (exact) mass is 300 g/mol. The molecule has 0 bridgehead atoms. The fourth-order valence-corrected chi connectivity index (χ4v) is 1.93. The molecule has 1 rings (SSSR count). The van der Waals surface area contributed by atoms with Crippen molar-refractivity contribution in [1.29, 1.82) is 0 Å². The molecule has 4 nitrogen and oxygen atoms in total. The molecule has 0 saturated heterocycles. The largest absolute Gasteiger partial charge is 0.367 e. The van der Waals surface area contributed by atoms with Crippen molar-refractivity contribution in [3.63, 3.8) is 0 Å². The fourth-order valence-electron chi connectivity index (χ4n) is 1.93. The molecule has 1 aromatic rings. The van der Waals surface area contributed by atoms with Gasteiger partial charge in [-0.1, -0.05) is 44.2 Å². The van der Waals surface area contributed by atoms with Crippen molar-refractivity contribution < 1.29 is 9.53 Å². The number of hydrogen-bond acceptors (Lipinski definition) is 3. The lowest BCUT2D eigenvalue weighted by molar-refractivity contribution is -0.128. The molecule has 0 atom stereocenters. The zero-order valence-corrected chi connectivity index (χ0v) is 13.0. The van der Waals surface area contributed by atoms with Crippen molar-refractivity contribution in [1.82, 2.24) is 5.32 Å². The molecule has 0 aliphatic carbocycles. The molecule has 0 heterocycles. The Hall–Kier alpha value is -1.10. The van der Waals surface area contributed by atoms with Gasteiger partial charge in [-0.3, -0.25) is 4.79 Å². The van der Waals surface area contributed by atoms with Crippen molar-refractivity contribution in [3.8, 4) is 0 Å². The van der Waals surface area contributed by atoms with Crippen LogP contribution in [0.15, 0.2) is 30.3 Å². The van der Waals surface area contributed by atoms with Crippen LogP contribution >= 0.6 is 12.4 Å². The Labute approximate surface area is 127 Å². The van der Waals surface area contributed by atoms with Crippen LogP contribution in [-0.4, -0.2) is 24.6 Å². The molecule has 1 amide bonds. The first-order valence-corrected chi connectivity index (χ1v) is 6.78. The molecule has 0 aliphatic heterocycles. The van der Waals surface area contributed by atoms with Crippen LogP contribution in [0.1, 0.15) is 32.3 Å². The highest BCUT2D eigenvalue weighted by Gasteiger charge is 2.25. The van der Waals surface area contributed by atoms with Crippen LogP contribution in [0.2, 0.25) is 0 Å². The lowest BCUT2D eigenvalue weighted by atomic mass is 9.93. The van der Waals surface area contributed by atoms with Crippen molar-refractivity contribution in [3.05, 3.63) is 35.9 Å². The van der Waals surface area contributed by atoms with E-state index in [1.54, 1.807) is 0 Å². The zero-order chi connectivity index (χ0) is 14.1. The molecule has 1 aromatic carbocycles. The van der Waals surface area contributed by atoms with Crippen LogP contribution in [0.3, 0.4) is 0 Å². The highest BCUT2D eigenvalue weighted by molar-refractivity contribution is 5.85. The van der Waals surface area contributed by atoms with Gasteiger partial charge in [0, 0.05) is 6.54 Å². The number of benzene rings is 1. The quantitative estimate of drug-likeness (QED) is 0.774. The summed E-state index contributed by atoms with van der Waals surface area (Å²) in [7, 11) is 0. The molecule has 0 aliphatic rings. The van der Waals surface area contributed by atoms with Gasteiger partial charge < -0.3 is 15.8 Å². The van der Waals surface area contributed by atoms with E-state index in [0.717, 1.165) is 18.4 Å². The SMILES string of the molecule is CCC(CC)(CN)NC(=O)COCc1ccccc1.Cl. The van der Waals surface area contributed by atoms with Crippen molar-refractivity contribution in [2.75, 3.05) is 13.2 Å². The van der Waals surface area contributed by atoms with Crippen LogP contribution < -0.4 is 11.1 Å². The van der Waals surface area contributed by atoms with Crippen LogP contribution in [0.25, 0.3) is 0 Å². The third kappa shape index (κ3) is 5.90. The highest BCUT2D eigenvalue weighted by atomic mass is 35.5. The lowest BCUT2D eigenvalue weighted by Gasteiger charge is -2.31. The maximum atomic E-state index is 11.8. The minimum absolute atomic E-state index is 0. The van der Waals surface area contributed by atoms with Gasteiger partial charge in [-0.25, -0.2) is 0 Å². The van der Waals surface area contributed by atoms with Gasteiger partial charge in [-0.15, -0.1) is 12.4 Å². The molecule has 5 heteroatoms. The minimum Gasteiger partial charge on any atom is -0.367 e. The van der Waals surface area contributed by atoms with E-state index in [2.05, 4.69) is 5.32 Å². The van der Waals surface area contributed by atoms with E-state index in [4.69, 9.17) is 10.5 Å². The van der Waals surface area contributed by atoms with Gasteiger partial charge in [0.2, 0.25) is 5.91 Å². The van der Waals surface area contributed by atoms with Crippen molar-refractivity contribution in [2.45, 2.75) is 38.8 Å². The Balaban J connectivity index is 0.00000361. The number of carbonyl (C=O) groups is 1. The van der Waals surface area contributed by atoms with Crippen LogP contribution in [0, 0.1) is 0 Å². The van der Waals surface area contributed by atoms with Gasteiger partial charge in [-0.05, 0) is 18.4 Å². The van der Waals surface area contributed by atoms with E-state index < -0.39 is 0 Å². The second kappa shape index (κ2) is 9.75. The van der Waals surface area contributed by atoms with Gasteiger partial charge in [0.1, 0.15) is 6.61 Å². The average Bonchev–Trinajstić information content (AvgIpc) is 2.46. The smallest absolute Gasteiger partial charge is 0.246 e. The molecule has 0 fully saturated rings. The molecule has 20 heavy (non-hydrogen) atoms. The number of halogens is 1. The van der Waals surface area contributed by atoms with E-state index in [-0.39, 0.29) is 30.5 Å². The number of nitrogens with two attached hydrogens (primary N) is 1. The van der Waals surface area contributed by atoms with Gasteiger partial charge in [0.25, 0.3) is 0 Å². The summed E-state index contributed by atoms with van der Waals surface area (Å²) in [5, 5.41) is 2.98. The summed E-state index contributed by atoms with van der Waals surface area (Å²) in [6.07, 6.45) is 1.65. The number of hydrogen-bond donors (Lipinski definition) is 2. The Morgan fingerprint density at radius 2 is 1.85 bits per heavy atom. The van der Waals surface area contributed by atoms with Gasteiger partial charge in [0.05, 0.1) is 12.1 Å². The van der Waals surface area contributed by atoms with Gasteiger partial charge >= 0.3 is 0 Å². The molecule has 0 unspecified atom stereocenters. The number of rotatable bonds is 8. The van der Waals surface area contributed by atoms with Crippen LogP contribution in [-0.2, 0) is 16.1 Å². The zero-order valence-electron chi connectivity index (χ0n) is 12.2. The van der Waals surface area contributed by atoms with E-state index in [0.29, 0.717) is 13.2 Å². The maximum absolute atomic E-state index is 11.8. The van der Waals surface area contributed by atoms with Crippen molar-refractivity contribution >= 4 is 18.3 Å². The standard InChI is InChI=1S/C15H24N2O2.ClH/c1-3-15(4-2,12-16)17-14(18)11-19-10-13-8-6-5-7-9-13;/h5-9H,3-4,10-12,16H2,1-2H3,(H,17,18);1H. The summed E-state index contributed by atoms with van der Waals surface area (Å²) >= 11 is 0. The molecule has 0 spiro atoms. The molecule has 0 radical (unpaired) electrons. The van der Waals surface area contributed by atoms with Crippen LogP contribution in [0.5, 0.6) is 0 Å². The Kier molecular flexibility index (Phi) is 9.21. The molecule has 114 valence electrons. The molecule has 0 aromatic heterocycles. The van der Waals surface area contributed by atoms with E-state index in [1.165, 1.54) is 0 Å². The summed E-state index contributed by atoms with van der Waals surface area (Å²) in [6.45, 7) is 5.02. The third-order valence-electron chi connectivity index (χ3n) is 3.49. The van der Waals surface area contributed by atoms with Gasteiger partial charge in [-0.2, -0.15) is 0 Å². The fraction of sp³-hybridized carbons (Fsp3) is 0.533. The molecule has 0 saturated carbocycles. The topological polar surface area (TPSA) is 64.3 Å². The summed E-state index contributed by atoms with van der Waals surface area (Å²) in [4.78, 5) is 11.8. The Morgan fingerprint density at radius 1 is 1.25 bits per heavy atom. The van der Waals surface area contributed by atoms with Crippen LogP contribution in [0.4, 0.5) is 0 Å². The maximum Gasteiger partial charge on any atom is 0.246 e. The van der Waals surface area contributed by atoms with Crippen molar-refractivity contribution in [2.24, 2.45) is 5.73 Å². The molecular formula is C15H25ClN2O2.